The lowest BCUT2D eigenvalue weighted by Crippen LogP contribution is -2.27. The van der Waals surface area contributed by atoms with E-state index in [4.69, 9.17) is 0 Å². The first kappa shape index (κ1) is 16.3. The van der Waals surface area contributed by atoms with E-state index in [-0.39, 0.29) is 23.4 Å². The Labute approximate surface area is 131 Å². The maximum Gasteiger partial charge on any atom is 0.279 e. The van der Waals surface area contributed by atoms with Crippen LogP contribution in [0.3, 0.4) is 0 Å². The van der Waals surface area contributed by atoms with E-state index < -0.39 is 15.3 Å². The first-order chi connectivity index (χ1) is 10.9. The predicted octanol–water partition coefficient (Wildman–Crippen LogP) is 3.20. The van der Waals surface area contributed by atoms with Gasteiger partial charge in [0.25, 0.3) is 11.4 Å². The molecule has 2 rings (SSSR count). The summed E-state index contributed by atoms with van der Waals surface area (Å²) in [6.07, 6.45) is 0.822. The van der Waals surface area contributed by atoms with Crippen molar-refractivity contribution in [3.63, 3.8) is 0 Å². The number of nitrogens with zero attached hydrogens (tertiary/aromatic N) is 2. The highest BCUT2D eigenvalue weighted by Gasteiger charge is 2.30. The lowest BCUT2D eigenvalue weighted by atomic mass is 9.78. The fourth-order valence-electron chi connectivity index (χ4n) is 2.41. The van der Waals surface area contributed by atoms with E-state index in [1.54, 1.807) is 31.2 Å². The Bertz CT molecular complexity index is 760. The standard InChI is InChI=1S/C16H14N2O5/c1-16(11-19,13-5-3-2-4-6-13)10-12-7-8-14(17(20)21)9-15(12)18(22)23/h2-9,11H,10H2,1H3/t16-/m0/s1. The van der Waals surface area contributed by atoms with E-state index >= 15 is 0 Å². The van der Waals surface area contributed by atoms with Gasteiger partial charge >= 0.3 is 0 Å². The zero-order valence-corrected chi connectivity index (χ0v) is 12.3. The zero-order valence-electron chi connectivity index (χ0n) is 12.3. The SMILES string of the molecule is C[C@@](C=O)(Cc1ccc([N+](=O)[O-])cc1[N+](=O)[O-])c1ccccc1. The summed E-state index contributed by atoms with van der Waals surface area (Å²) in [5.74, 6) is 0. The van der Waals surface area contributed by atoms with Crippen molar-refractivity contribution < 1.29 is 14.6 Å². The van der Waals surface area contributed by atoms with Crippen molar-refractivity contribution in [3.05, 3.63) is 79.9 Å². The minimum atomic E-state index is -0.956. The molecule has 0 saturated carbocycles. The number of hydrogen-bond acceptors (Lipinski definition) is 5. The van der Waals surface area contributed by atoms with Gasteiger partial charge in [-0.2, -0.15) is 0 Å². The van der Waals surface area contributed by atoms with Gasteiger partial charge in [-0.1, -0.05) is 30.3 Å². The molecule has 0 spiro atoms. The van der Waals surface area contributed by atoms with E-state index in [2.05, 4.69) is 0 Å². The second-order valence-corrected chi connectivity index (χ2v) is 5.41. The quantitative estimate of drug-likeness (QED) is 0.462. The van der Waals surface area contributed by atoms with E-state index in [0.29, 0.717) is 0 Å². The molecule has 0 radical (unpaired) electrons. The number of nitro benzene ring substituents is 2. The number of non-ortho nitro benzene ring substituents is 1. The molecular formula is C16H14N2O5. The Morgan fingerprint density at radius 1 is 1.04 bits per heavy atom. The minimum absolute atomic E-state index is 0.0782. The summed E-state index contributed by atoms with van der Waals surface area (Å²) in [7, 11) is 0. The summed E-state index contributed by atoms with van der Waals surface area (Å²) in [5.41, 5.74) is -0.666. The third-order valence-corrected chi connectivity index (χ3v) is 3.73. The highest BCUT2D eigenvalue weighted by Crippen LogP contribution is 2.32. The second-order valence-electron chi connectivity index (χ2n) is 5.41. The molecule has 118 valence electrons. The van der Waals surface area contributed by atoms with Gasteiger partial charge in [0.05, 0.1) is 21.3 Å². The Kier molecular flexibility index (Phi) is 4.49. The van der Waals surface area contributed by atoms with Gasteiger partial charge in [0, 0.05) is 11.6 Å². The fourth-order valence-corrected chi connectivity index (χ4v) is 2.41. The maximum atomic E-state index is 11.6. The van der Waals surface area contributed by atoms with Crippen LogP contribution in [0.4, 0.5) is 11.4 Å². The molecule has 0 saturated heterocycles. The predicted molar refractivity (Wildman–Crippen MR) is 83.3 cm³/mol. The van der Waals surface area contributed by atoms with Crippen LogP contribution in [0, 0.1) is 20.2 Å². The topological polar surface area (TPSA) is 103 Å². The Hall–Kier alpha value is -3.09. The monoisotopic (exact) mass is 314 g/mol. The Balaban J connectivity index is 2.47. The molecule has 0 amide bonds. The number of carbonyl (C=O) groups is 1. The van der Waals surface area contributed by atoms with Gasteiger partial charge in [0.15, 0.2) is 0 Å². The number of rotatable bonds is 6. The summed E-state index contributed by atoms with van der Waals surface area (Å²) < 4.78 is 0. The molecule has 0 aliphatic rings. The molecule has 0 heterocycles. The first-order valence-corrected chi connectivity index (χ1v) is 6.81. The Morgan fingerprint density at radius 2 is 1.70 bits per heavy atom. The van der Waals surface area contributed by atoms with Crippen LogP contribution in [0.15, 0.2) is 48.5 Å². The summed E-state index contributed by atoms with van der Waals surface area (Å²) in [6, 6.07) is 12.4. The molecule has 2 aromatic carbocycles. The van der Waals surface area contributed by atoms with Crippen LogP contribution in [0.5, 0.6) is 0 Å². The van der Waals surface area contributed by atoms with Crippen molar-refractivity contribution in [2.75, 3.05) is 0 Å². The van der Waals surface area contributed by atoms with Crippen LogP contribution in [0.25, 0.3) is 0 Å². The molecule has 2 aromatic rings. The van der Waals surface area contributed by atoms with Crippen LogP contribution in [-0.4, -0.2) is 16.1 Å². The van der Waals surface area contributed by atoms with Gasteiger partial charge in [-0.25, -0.2) is 0 Å². The lowest BCUT2D eigenvalue weighted by Gasteiger charge is -2.23. The van der Waals surface area contributed by atoms with Gasteiger partial charge in [-0.15, -0.1) is 0 Å². The molecule has 0 aromatic heterocycles. The molecule has 0 N–H and O–H groups in total. The van der Waals surface area contributed by atoms with Crippen molar-refractivity contribution in [2.45, 2.75) is 18.8 Å². The molecule has 7 heteroatoms. The van der Waals surface area contributed by atoms with Gasteiger partial charge < -0.3 is 4.79 Å². The average Bonchev–Trinajstić information content (AvgIpc) is 2.55. The second kappa shape index (κ2) is 6.35. The highest BCUT2D eigenvalue weighted by molar-refractivity contribution is 5.69. The largest absolute Gasteiger partial charge is 0.302 e. The molecule has 0 aliphatic carbocycles. The minimum Gasteiger partial charge on any atom is -0.302 e. The molecule has 0 aliphatic heterocycles. The van der Waals surface area contributed by atoms with E-state index in [9.17, 15) is 25.0 Å². The molecular weight excluding hydrogens is 300 g/mol. The van der Waals surface area contributed by atoms with E-state index in [1.807, 2.05) is 6.07 Å². The number of aldehydes is 1. The number of benzene rings is 2. The summed E-state index contributed by atoms with van der Waals surface area (Å²) >= 11 is 0. The van der Waals surface area contributed by atoms with Crippen LogP contribution in [-0.2, 0) is 16.6 Å². The van der Waals surface area contributed by atoms with Crippen LogP contribution >= 0.6 is 0 Å². The van der Waals surface area contributed by atoms with Crippen molar-refractivity contribution in [1.82, 2.24) is 0 Å². The molecule has 7 nitrogen and oxygen atoms in total. The van der Waals surface area contributed by atoms with Crippen LogP contribution in [0.1, 0.15) is 18.1 Å². The Morgan fingerprint density at radius 3 is 2.22 bits per heavy atom. The first-order valence-electron chi connectivity index (χ1n) is 6.81. The molecule has 0 unspecified atom stereocenters. The molecule has 0 fully saturated rings. The van der Waals surface area contributed by atoms with Gasteiger partial charge in [0.2, 0.25) is 0 Å². The third kappa shape index (κ3) is 3.39. The molecule has 0 bridgehead atoms. The normalized spacial score (nSPS) is 13.1. The summed E-state index contributed by atoms with van der Waals surface area (Å²) in [4.78, 5) is 32.2. The highest BCUT2D eigenvalue weighted by atomic mass is 16.6. The fraction of sp³-hybridized carbons (Fsp3) is 0.188. The smallest absolute Gasteiger partial charge is 0.279 e. The van der Waals surface area contributed by atoms with Gasteiger partial charge in [-0.05, 0) is 25.0 Å². The molecule has 23 heavy (non-hydrogen) atoms. The van der Waals surface area contributed by atoms with E-state index in [1.165, 1.54) is 12.1 Å². The van der Waals surface area contributed by atoms with Crippen LogP contribution in [0.2, 0.25) is 0 Å². The van der Waals surface area contributed by atoms with E-state index in [0.717, 1.165) is 17.9 Å². The van der Waals surface area contributed by atoms with Crippen LogP contribution < -0.4 is 0 Å². The number of hydrogen-bond donors (Lipinski definition) is 0. The number of carbonyl (C=O) groups excluding carboxylic acids is 1. The van der Waals surface area contributed by atoms with Crippen molar-refractivity contribution in [3.8, 4) is 0 Å². The summed E-state index contributed by atoms with van der Waals surface area (Å²) in [5, 5.41) is 22.0. The summed E-state index contributed by atoms with van der Waals surface area (Å²) in [6.45, 7) is 1.68. The maximum absolute atomic E-state index is 11.6. The van der Waals surface area contributed by atoms with Crippen molar-refractivity contribution >= 4 is 17.7 Å². The van der Waals surface area contributed by atoms with Crippen molar-refractivity contribution in [1.29, 1.82) is 0 Å². The molecule has 1 atom stereocenters. The lowest BCUT2D eigenvalue weighted by molar-refractivity contribution is -0.394. The van der Waals surface area contributed by atoms with Gasteiger partial charge in [0.1, 0.15) is 6.29 Å². The van der Waals surface area contributed by atoms with Gasteiger partial charge in [-0.3, -0.25) is 20.2 Å². The van der Waals surface area contributed by atoms with Crippen molar-refractivity contribution in [2.24, 2.45) is 0 Å². The number of nitro groups is 2. The third-order valence-electron chi connectivity index (χ3n) is 3.73. The zero-order chi connectivity index (χ0) is 17.0. The average molecular weight is 314 g/mol.